The summed E-state index contributed by atoms with van der Waals surface area (Å²) >= 11 is 0. The number of carbonyl (C=O) groups is 1. The zero-order valence-corrected chi connectivity index (χ0v) is 7.83. The lowest BCUT2D eigenvalue weighted by Crippen LogP contribution is -2.36. The minimum absolute atomic E-state index is 0.289. The fraction of sp³-hybridized carbons (Fsp3) is 0.900. The number of piperidine rings is 1. The molecule has 3 aliphatic rings. The molecule has 1 N–H and O–H groups in total. The fourth-order valence-corrected chi connectivity index (χ4v) is 2.70. The van der Waals surface area contributed by atoms with E-state index in [9.17, 15) is 4.79 Å². The van der Waals surface area contributed by atoms with Gasteiger partial charge in [0.25, 0.3) is 0 Å². The van der Waals surface area contributed by atoms with Gasteiger partial charge in [0.1, 0.15) is 0 Å². The number of amides is 1. The molecule has 0 aromatic rings. The van der Waals surface area contributed by atoms with Crippen LogP contribution in [-0.2, 0) is 4.79 Å². The van der Waals surface area contributed by atoms with Crippen LogP contribution in [0, 0.1) is 17.8 Å². The maximum atomic E-state index is 11.9. The number of hydrogen-bond acceptors (Lipinski definition) is 2. The summed E-state index contributed by atoms with van der Waals surface area (Å²) in [6.45, 7) is 4.04. The monoisotopic (exact) mass is 180 g/mol. The van der Waals surface area contributed by atoms with E-state index in [2.05, 4.69) is 10.2 Å². The summed E-state index contributed by atoms with van der Waals surface area (Å²) in [5, 5.41) is 3.25. The van der Waals surface area contributed by atoms with E-state index < -0.39 is 0 Å². The van der Waals surface area contributed by atoms with Gasteiger partial charge in [0.05, 0.1) is 5.92 Å². The van der Waals surface area contributed by atoms with Gasteiger partial charge in [-0.2, -0.15) is 0 Å². The van der Waals surface area contributed by atoms with Gasteiger partial charge in [0.15, 0.2) is 0 Å². The van der Waals surface area contributed by atoms with Crippen LogP contribution in [0.3, 0.4) is 0 Å². The summed E-state index contributed by atoms with van der Waals surface area (Å²) in [6.07, 6.45) is 2.43. The van der Waals surface area contributed by atoms with Gasteiger partial charge in [-0.05, 0) is 31.2 Å². The number of hydrogen-bond donors (Lipinski definition) is 1. The topological polar surface area (TPSA) is 32.3 Å². The molecule has 13 heavy (non-hydrogen) atoms. The predicted molar refractivity (Wildman–Crippen MR) is 49.2 cm³/mol. The molecule has 3 fully saturated rings. The summed E-state index contributed by atoms with van der Waals surface area (Å²) in [5.74, 6) is 2.45. The Hall–Kier alpha value is -0.570. The first kappa shape index (κ1) is 7.80. The lowest BCUT2D eigenvalue weighted by atomic mass is 10.1. The summed E-state index contributed by atoms with van der Waals surface area (Å²) in [4.78, 5) is 14.0. The first-order valence-corrected chi connectivity index (χ1v) is 5.34. The van der Waals surface area contributed by atoms with Gasteiger partial charge in [-0.15, -0.1) is 0 Å². The molecule has 3 rings (SSSR count). The summed E-state index contributed by atoms with van der Waals surface area (Å²) in [5.41, 5.74) is 0. The van der Waals surface area contributed by atoms with Crippen LogP contribution in [0.15, 0.2) is 0 Å². The Morgan fingerprint density at radius 3 is 2.69 bits per heavy atom. The molecule has 0 bridgehead atoms. The first-order chi connectivity index (χ1) is 6.34. The third-order valence-corrected chi connectivity index (χ3v) is 3.70. The van der Waals surface area contributed by atoms with Crippen molar-refractivity contribution < 1.29 is 4.79 Å². The highest BCUT2D eigenvalue weighted by Crippen LogP contribution is 2.45. The molecule has 1 saturated carbocycles. The second kappa shape index (κ2) is 2.71. The molecule has 0 aromatic carbocycles. The summed E-state index contributed by atoms with van der Waals surface area (Å²) in [6, 6.07) is 0. The highest BCUT2D eigenvalue weighted by Gasteiger charge is 2.47. The summed E-state index contributed by atoms with van der Waals surface area (Å²) in [7, 11) is 0. The minimum atomic E-state index is 0.289. The van der Waals surface area contributed by atoms with Gasteiger partial charge in [-0.3, -0.25) is 4.79 Å². The van der Waals surface area contributed by atoms with Crippen molar-refractivity contribution in [3.8, 4) is 0 Å². The van der Waals surface area contributed by atoms with Crippen LogP contribution < -0.4 is 5.32 Å². The summed E-state index contributed by atoms with van der Waals surface area (Å²) < 4.78 is 0. The van der Waals surface area contributed by atoms with E-state index >= 15 is 0 Å². The molecule has 3 nitrogen and oxygen atoms in total. The van der Waals surface area contributed by atoms with E-state index in [1.165, 1.54) is 6.42 Å². The molecule has 2 aliphatic heterocycles. The van der Waals surface area contributed by atoms with Crippen LogP contribution >= 0.6 is 0 Å². The lowest BCUT2D eigenvalue weighted by Gasteiger charge is -2.21. The maximum Gasteiger partial charge on any atom is 0.227 e. The molecule has 0 spiro atoms. The van der Waals surface area contributed by atoms with Crippen molar-refractivity contribution in [3.05, 3.63) is 0 Å². The highest BCUT2D eigenvalue weighted by atomic mass is 16.2. The number of fused-ring (bicyclic) bond motifs is 1. The standard InChI is InChI=1S/C10H16N2O/c13-10(7-1-2-11-4-7)12-5-8-3-9(8)6-12/h7-9,11H,1-6H2/t7-,8?,9?/m0/s1. The number of rotatable bonds is 1. The molecule has 3 atom stereocenters. The zero-order chi connectivity index (χ0) is 8.84. The van der Waals surface area contributed by atoms with Crippen molar-refractivity contribution in [3.63, 3.8) is 0 Å². The smallest absolute Gasteiger partial charge is 0.227 e. The van der Waals surface area contributed by atoms with Gasteiger partial charge in [-0.25, -0.2) is 0 Å². The number of carbonyl (C=O) groups excluding carboxylic acids is 1. The molecular weight excluding hydrogens is 164 g/mol. The molecule has 0 aromatic heterocycles. The minimum Gasteiger partial charge on any atom is -0.342 e. The quantitative estimate of drug-likeness (QED) is 0.619. The van der Waals surface area contributed by atoms with Crippen LogP contribution in [0.5, 0.6) is 0 Å². The Balaban J connectivity index is 1.61. The van der Waals surface area contributed by atoms with Gasteiger partial charge in [0, 0.05) is 19.6 Å². The number of nitrogens with one attached hydrogen (secondary N) is 1. The second-order valence-electron chi connectivity index (χ2n) is 4.69. The average Bonchev–Trinajstić information content (AvgIpc) is 2.63. The molecule has 1 amide bonds. The van der Waals surface area contributed by atoms with Gasteiger partial charge in [-0.1, -0.05) is 0 Å². The molecule has 0 radical (unpaired) electrons. The Kier molecular flexibility index (Phi) is 1.62. The third kappa shape index (κ3) is 1.26. The van der Waals surface area contributed by atoms with Crippen LogP contribution in [0.4, 0.5) is 0 Å². The van der Waals surface area contributed by atoms with E-state index in [-0.39, 0.29) is 5.92 Å². The molecule has 2 saturated heterocycles. The zero-order valence-electron chi connectivity index (χ0n) is 7.83. The number of likely N-dealkylation sites (tertiary alicyclic amines) is 1. The van der Waals surface area contributed by atoms with Gasteiger partial charge in [0.2, 0.25) is 5.91 Å². The third-order valence-electron chi connectivity index (χ3n) is 3.70. The van der Waals surface area contributed by atoms with Crippen LogP contribution in [-0.4, -0.2) is 37.0 Å². The van der Waals surface area contributed by atoms with E-state index in [0.29, 0.717) is 5.91 Å². The average molecular weight is 180 g/mol. The molecule has 2 heterocycles. The van der Waals surface area contributed by atoms with Crippen LogP contribution in [0.2, 0.25) is 0 Å². The predicted octanol–water partition coefficient (Wildman–Crippen LogP) is 0.0742. The van der Waals surface area contributed by atoms with Gasteiger partial charge >= 0.3 is 0 Å². The van der Waals surface area contributed by atoms with E-state index in [1.54, 1.807) is 0 Å². The Bertz CT molecular complexity index is 225. The Morgan fingerprint density at radius 1 is 1.31 bits per heavy atom. The fourth-order valence-electron chi connectivity index (χ4n) is 2.70. The molecular formula is C10H16N2O. The van der Waals surface area contributed by atoms with Crippen molar-refractivity contribution in [1.29, 1.82) is 0 Å². The first-order valence-electron chi connectivity index (χ1n) is 5.34. The van der Waals surface area contributed by atoms with Crippen molar-refractivity contribution in [1.82, 2.24) is 10.2 Å². The largest absolute Gasteiger partial charge is 0.342 e. The van der Waals surface area contributed by atoms with E-state index in [1.807, 2.05) is 0 Å². The van der Waals surface area contributed by atoms with Crippen LogP contribution in [0.25, 0.3) is 0 Å². The Morgan fingerprint density at radius 2 is 2.08 bits per heavy atom. The maximum absolute atomic E-state index is 11.9. The molecule has 1 aliphatic carbocycles. The van der Waals surface area contributed by atoms with Crippen molar-refractivity contribution in [2.75, 3.05) is 26.2 Å². The van der Waals surface area contributed by atoms with Crippen LogP contribution in [0.1, 0.15) is 12.8 Å². The lowest BCUT2D eigenvalue weighted by molar-refractivity contribution is -0.134. The van der Waals surface area contributed by atoms with E-state index in [4.69, 9.17) is 0 Å². The van der Waals surface area contributed by atoms with Crippen molar-refractivity contribution in [2.45, 2.75) is 12.8 Å². The molecule has 2 unspecified atom stereocenters. The van der Waals surface area contributed by atoms with Gasteiger partial charge < -0.3 is 10.2 Å². The molecule has 3 heteroatoms. The van der Waals surface area contributed by atoms with Crippen molar-refractivity contribution in [2.24, 2.45) is 17.8 Å². The van der Waals surface area contributed by atoms with Crippen molar-refractivity contribution >= 4 is 5.91 Å². The number of nitrogens with zero attached hydrogens (tertiary/aromatic N) is 1. The SMILES string of the molecule is O=C([C@H]1CCNC1)N1CC2CC2C1. The highest BCUT2D eigenvalue weighted by molar-refractivity contribution is 5.79. The second-order valence-corrected chi connectivity index (χ2v) is 4.69. The normalized spacial score (nSPS) is 42.2. The Labute approximate surface area is 78.5 Å². The van der Waals surface area contributed by atoms with E-state index in [0.717, 1.165) is 44.4 Å². The molecule has 72 valence electrons.